The summed E-state index contributed by atoms with van der Waals surface area (Å²) in [6, 6.07) is 15.8. The van der Waals surface area contributed by atoms with Gasteiger partial charge in [0.25, 0.3) is 0 Å². The number of benzene rings is 2. The van der Waals surface area contributed by atoms with Crippen molar-refractivity contribution in [2.45, 2.75) is 50.2 Å². The van der Waals surface area contributed by atoms with Crippen LogP contribution in [0.2, 0.25) is 0 Å². The van der Waals surface area contributed by atoms with Crippen LogP contribution >= 0.6 is 0 Å². The predicted octanol–water partition coefficient (Wildman–Crippen LogP) is 3.04. The second-order valence-electron chi connectivity index (χ2n) is 8.98. The van der Waals surface area contributed by atoms with Crippen LogP contribution in [0.15, 0.2) is 48.5 Å². The molecule has 2 atom stereocenters. The van der Waals surface area contributed by atoms with Crippen molar-refractivity contribution in [3.8, 4) is 11.1 Å². The Morgan fingerprint density at radius 3 is 2.15 bits per heavy atom. The number of hydrogen-bond donors (Lipinski definition) is 4. The highest BCUT2D eigenvalue weighted by atomic mass is 16.5. The number of carboxylic acid groups (broad SMARTS) is 1. The molecular formula is C26H30N2O6. The van der Waals surface area contributed by atoms with E-state index < -0.39 is 30.1 Å². The molecule has 180 valence electrons. The molecule has 0 aromatic heterocycles. The van der Waals surface area contributed by atoms with Crippen LogP contribution in [0.3, 0.4) is 0 Å². The Bertz CT molecular complexity index is 1000. The van der Waals surface area contributed by atoms with Crippen molar-refractivity contribution in [3.63, 3.8) is 0 Å². The van der Waals surface area contributed by atoms with E-state index in [1.165, 1.54) is 0 Å². The van der Waals surface area contributed by atoms with E-state index in [1.807, 2.05) is 24.3 Å². The van der Waals surface area contributed by atoms with Gasteiger partial charge in [-0.05, 0) is 41.0 Å². The molecule has 0 saturated heterocycles. The summed E-state index contributed by atoms with van der Waals surface area (Å²) in [7, 11) is 0. The van der Waals surface area contributed by atoms with Gasteiger partial charge in [0.15, 0.2) is 6.10 Å². The smallest absolute Gasteiger partial charge is 0.407 e. The number of aliphatic hydroxyl groups excluding tert-OH is 1. The van der Waals surface area contributed by atoms with E-state index in [9.17, 15) is 19.5 Å². The van der Waals surface area contributed by atoms with E-state index in [2.05, 4.69) is 34.9 Å². The van der Waals surface area contributed by atoms with Gasteiger partial charge in [-0.3, -0.25) is 4.79 Å². The first kappa shape index (κ1) is 23.8. The zero-order valence-corrected chi connectivity index (χ0v) is 18.9. The SMILES string of the molecule is O=C(CC(NC(=O)OCC1c2ccccc2-c2ccccc21)C1CCCC1)NCC(O)C(=O)O. The number of carbonyl (C=O) groups is 3. The number of aliphatic carboxylic acids is 1. The molecule has 2 aromatic rings. The van der Waals surface area contributed by atoms with Gasteiger partial charge in [-0.15, -0.1) is 0 Å². The number of ether oxygens (including phenoxy) is 1. The number of aliphatic hydroxyl groups is 1. The van der Waals surface area contributed by atoms with Crippen molar-refractivity contribution < 1.29 is 29.3 Å². The van der Waals surface area contributed by atoms with Crippen LogP contribution in [0.25, 0.3) is 11.1 Å². The third-order valence-electron chi connectivity index (χ3n) is 6.80. The second-order valence-corrected chi connectivity index (χ2v) is 8.98. The molecule has 0 spiro atoms. The average molecular weight is 467 g/mol. The number of rotatable bonds is 9. The molecule has 0 heterocycles. The van der Waals surface area contributed by atoms with Crippen LogP contribution in [-0.4, -0.2) is 53.5 Å². The van der Waals surface area contributed by atoms with Crippen LogP contribution in [0.5, 0.6) is 0 Å². The highest BCUT2D eigenvalue weighted by molar-refractivity contribution is 5.80. The summed E-state index contributed by atoms with van der Waals surface area (Å²) in [5.41, 5.74) is 4.55. The van der Waals surface area contributed by atoms with Gasteiger partial charge >= 0.3 is 12.1 Å². The third kappa shape index (κ3) is 5.39. The lowest BCUT2D eigenvalue weighted by atomic mass is 9.95. The number of hydrogen-bond acceptors (Lipinski definition) is 5. The monoisotopic (exact) mass is 466 g/mol. The minimum atomic E-state index is -1.66. The van der Waals surface area contributed by atoms with Gasteiger partial charge in [-0.2, -0.15) is 0 Å². The highest BCUT2D eigenvalue weighted by Gasteiger charge is 2.31. The Morgan fingerprint density at radius 1 is 0.971 bits per heavy atom. The van der Waals surface area contributed by atoms with Gasteiger partial charge in [0.2, 0.25) is 5.91 Å². The molecule has 8 nitrogen and oxygen atoms in total. The van der Waals surface area contributed by atoms with Gasteiger partial charge in [-0.1, -0.05) is 61.4 Å². The van der Waals surface area contributed by atoms with Crippen molar-refractivity contribution >= 4 is 18.0 Å². The van der Waals surface area contributed by atoms with Crippen molar-refractivity contribution in [1.82, 2.24) is 10.6 Å². The molecule has 0 bridgehead atoms. The minimum Gasteiger partial charge on any atom is -0.479 e. The summed E-state index contributed by atoms with van der Waals surface area (Å²) in [5, 5.41) is 23.4. The highest BCUT2D eigenvalue weighted by Crippen LogP contribution is 2.44. The second kappa shape index (κ2) is 10.7. The zero-order valence-electron chi connectivity index (χ0n) is 18.9. The molecule has 2 aliphatic carbocycles. The number of nitrogens with one attached hydrogen (secondary N) is 2. The lowest BCUT2D eigenvalue weighted by molar-refractivity contribution is -0.146. The Morgan fingerprint density at radius 2 is 1.56 bits per heavy atom. The number of carbonyl (C=O) groups excluding carboxylic acids is 2. The minimum absolute atomic E-state index is 0.00119. The van der Waals surface area contributed by atoms with Crippen LogP contribution in [-0.2, 0) is 14.3 Å². The topological polar surface area (TPSA) is 125 Å². The normalized spacial score (nSPS) is 16.9. The largest absolute Gasteiger partial charge is 0.479 e. The fraction of sp³-hybridized carbons (Fsp3) is 0.423. The summed E-state index contributed by atoms with van der Waals surface area (Å²) >= 11 is 0. The zero-order chi connectivity index (χ0) is 24.1. The number of alkyl carbamates (subject to hydrolysis) is 1. The van der Waals surface area contributed by atoms with Crippen molar-refractivity contribution in [1.29, 1.82) is 0 Å². The summed E-state index contributed by atoms with van der Waals surface area (Å²) in [5.74, 6) is -1.72. The van der Waals surface area contributed by atoms with Crippen molar-refractivity contribution in [2.75, 3.05) is 13.2 Å². The van der Waals surface area contributed by atoms with Crippen molar-refractivity contribution in [3.05, 3.63) is 59.7 Å². The van der Waals surface area contributed by atoms with E-state index in [0.29, 0.717) is 0 Å². The van der Waals surface area contributed by atoms with Crippen LogP contribution in [0.1, 0.15) is 49.1 Å². The first-order valence-electron chi connectivity index (χ1n) is 11.7. The maximum Gasteiger partial charge on any atom is 0.407 e. The van der Waals surface area contributed by atoms with Gasteiger partial charge in [0.05, 0.1) is 6.54 Å². The summed E-state index contributed by atoms with van der Waals surface area (Å²) < 4.78 is 5.64. The van der Waals surface area contributed by atoms with Gasteiger partial charge < -0.3 is 25.6 Å². The Kier molecular flexibility index (Phi) is 7.47. The van der Waals surface area contributed by atoms with Crippen LogP contribution < -0.4 is 10.6 Å². The summed E-state index contributed by atoms with van der Waals surface area (Å²) in [6.45, 7) is -0.190. The molecule has 1 saturated carbocycles. The predicted molar refractivity (Wildman–Crippen MR) is 125 cm³/mol. The van der Waals surface area contributed by atoms with Gasteiger partial charge in [-0.25, -0.2) is 9.59 Å². The average Bonchev–Trinajstić information content (AvgIpc) is 3.48. The summed E-state index contributed by atoms with van der Waals surface area (Å²) in [6.07, 6.45) is 1.64. The lowest BCUT2D eigenvalue weighted by Crippen LogP contribution is -2.45. The Labute approximate surface area is 198 Å². The first-order chi connectivity index (χ1) is 16.4. The van der Waals surface area contributed by atoms with Gasteiger partial charge in [0.1, 0.15) is 6.61 Å². The van der Waals surface area contributed by atoms with E-state index in [4.69, 9.17) is 9.84 Å². The fourth-order valence-electron chi connectivity index (χ4n) is 5.06. The molecule has 2 amide bonds. The molecule has 8 heteroatoms. The molecule has 2 aromatic carbocycles. The summed E-state index contributed by atoms with van der Waals surface area (Å²) in [4.78, 5) is 35.8. The number of carboxylic acids is 1. The maximum absolute atomic E-state index is 12.7. The third-order valence-corrected chi connectivity index (χ3v) is 6.80. The molecule has 34 heavy (non-hydrogen) atoms. The van der Waals surface area contributed by atoms with E-state index >= 15 is 0 Å². The van der Waals surface area contributed by atoms with Crippen molar-refractivity contribution in [2.24, 2.45) is 5.92 Å². The molecule has 0 radical (unpaired) electrons. The van der Waals surface area contributed by atoms with E-state index in [1.54, 1.807) is 0 Å². The number of fused-ring (bicyclic) bond motifs is 3. The molecule has 0 aliphatic heterocycles. The Balaban J connectivity index is 1.37. The maximum atomic E-state index is 12.7. The first-order valence-corrected chi connectivity index (χ1v) is 11.7. The van der Waals surface area contributed by atoms with Crippen LogP contribution in [0, 0.1) is 5.92 Å². The molecule has 2 unspecified atom stereocenters. The molecule has 1 fully saturated rings. The quantitative estimate of drug-likeness (QED) is 0.450. The fourth-order valence-corrected chi connectivity index (χ4v) is 5.06. The molecule has 4 rings (SSSR count). The van der Waals surface area contributed by atoms with Gasteiger partial charge in [0, 0.05) is 18.4 Å². The molecular weight excluding hydrogens is 436 g/mol. The molecule has 4 N–H and O–H groups in total. The standard InChI is InChI=1S/C26H30N2O6/c29-23(25(31)32)14-27-24(30)13-22(16-7-1-2-8-16)28-26(33)34-15-21-19-11-5-3-9-17(19)18-10-4-6-12-20(18)21/h3-6,9-12,16,21-23,29H,1-2,7-8,13-15H2,(H,27,30)(H,28,33)(H,31,32). The van der Waals surface area contributed by atoms with E-state index in [-0.39, 0.29) is 31.4 Å². The number of amides is 2. The van der Waals surface area contributed by atoms with Crippen LogP contribution in [0.4, 0.5) is 4.79 Å². The lowest BCUT2D eigenvalue weighted by Gasteiger charge is -2.24. The Hall–Kier alpha value is -3.39. The molecule has 2 aliphatic rings. The van der Waals surface area contributed by atoms with E-state index in [0.717, 1.165) is 47.9 Å².